The van der Waals surface area contributed by atoms with Crippen LogP contribution in [0.5, 0.6) is 5.75 Å². The summed E-state index contributed by atoms with van der Waals surface area (Å²) in [4.78, 5) is 33.4. The van der Waals surface area contributed by atoms with E-state index in [1.807, 2.05) is 0 Å². The SMILES string of the molecule is O=C(O)CC(=O)Nc1ccc(NC(=O)c2ccco2)c(O)c1. The number of aromatic hydroxyl groups is 1. The molecule has 114 valence electrons. The van der Waals surface area contributed by atoms with Crippen LogP contribution in [0.1, 0.15) is 17.0 Å². The molecule has 0 spiro atoms. The predicted molar refractivity (Wildman–Crippen MR) is 75.7 cm³/mol. The number of furan rings is 1. The van der Waals surface area contributed by atoms with Gasteiger partial charge in [0.25, 0.3) is 5.91 Å². The molecule has 8 heteroatoms. The summed E-state index contributed by atoms with van der Waals surface area (Å²) in [5, 5.41) is 23.1. The molecule has 8 nitrogen and oxygen atoms in total. The Labute approximate surface area is 124 Å². The van der Waals surface area contributed by atoms with Gasteiger partial charge in [-0.3, -0.25) is 14.4 Å². The minimum Gasteiger partial charge on any atom is -0.506 e. The smallest absolute Gasteiger partial charge is 0.312 e. The minimum absolute atomic E-state index is 0.0817. The summed E-state index contributed by atoms with van der Waals surface area (Å²) in [7, 11) is 0. The Morgan fingerprint density at radius 1 is 1.14 bits per heavy atom. The Morgan fingerprint density at radius 3 is 2.50 bits per heavy atom. The first-order valence-electron chi connectivity index (χ1n) is 6.15. The summed E-state index contributed by atoms with van der Waals surface area (Å²) in [5.41, 5.74) is 0.331. The van der Waals surface area contributed by atoms with Gasteiger partial charge in [-0.1, -0.05) is 0 Å². The molecule has 2 amide bonds. The first kappa shape index (κ1) is 15.1. The van der Waals surface area contributed by atoms with E-state index >= 15 is 0 Å². The van der Waals surface area contributed by atoms with Gasteiger partial charge in [0.1, 0.15) is 12.2 Å². The van der Waals surface area contributed by atoms with Crippen LogP contribution in [0.3, 0.4) is 0 Å². The van der Waals surface area contributed by atoms with Gasteiger partial charge in [-0.05, 0) is 24.3 Å². The summed E-state index contributed by atoms with van der Waals surface area (Å²) in [6.07, 6.45) is 0.660. The molecule has 0 saturated carbocycles. The van der Waals surface area contributed by atoms with Crippen molar-refractivity contribution in [3.63, 3.8) is 0 Å². The van der Waals surface area contributed by atoms with Crippen LogP contribution in [0.4, 0.5) is 11.4 Å². The average Bonchev–Trinajstić information content (AvgIpc) is 2.94. The summed E-state index contributed by atoms with van der Waals surface area (Å²) in [6.45, 7) is 0. The van der Waals surface area contributed by atoms with Gasteiger partial charge in [0.05, 0.1) is 12.0 Å². The van der Waals surface area contributed by atoms with E-state index in [1.165, 1.54) is 30.5 Å². The van der Waals surface area contributed by atoms with E-state index in [-0.39, 0.29) is 22.9 Å². The maximum Gasteiger partial charge on any atom is 0.312 e. The number of phenolic OH excluding ortho intramolecular Hbond substituents is 1. The predicted octanol–water partition coefficient (Wildman–Crippen LogP) is 1.65. The number of carboxylic acids is 1. The van der Waals surface area contributed by atoms with Crippen LogP contribution >= 0.6 is 0 Å². The number of anilines is 2. The van der Waals surface area contributed by atoms with Crippen LogP contribution in [0, 0.1) is 0 Å². The molecule has 22 heavy (non-hydrogen) atoms. The number of carboxylic acid groups (broad SMARTS) is 1. The summed E-state index contributed by atoms with van der Waals surface area (Å²) in [5.74, 6) is -2.72. The lowest BCUT2D eigenvalue weighted by atomic mass is 10.2. The summed E-state index contributed by atoms with van der Waals surface area (Å²) >= 11 is 0. The van der Waals surface area contributed by atoms with Gasteiger partial charge in [-0.15, -0.1) is 0 Å². The van der Waals surface area contributed by atoms with Gasteiger partial charge in [-0.2, -0.15) is 0 Å². The van der Waals surface area contributed by atoms with Gasteiger partial charge < -0.3 is 25.3 Å². The minimum atomic E-state index is -1.26. The number of carbonyl (C=O) groups is 3. The third-order valence-electron chi connectivity index (χ3n) is 2.59. The lowest BCUT2D eigenvalue weighted by Gasteiger charge is -2.09. The number of aliphatic carboxylic acids is 1. The van der Waals surface area contributed by atoms with Crippen molar-refractivity contribution in [2.24, 2.45) is 0 Å². The van der Waals surface area contributed by atoms with E-state index in [4.69, 9.17) is 9.52 Å². The second-order valence-corrected chi connectivity index (χ2v) is 4.28. The van der Waals surface area contributed by atoms with E-state index in [2.05, 4.69) is 10.6 Å². The number of hydrogen-bond donors (Lipinski definition) is 4. The van der Waals surface area contributed by atoms with Gasteiger partial charge in [0.15, 0.2) is 5.76 Å². The van der Waals surface area contributed by atoms with Crippen molar-refractivity contribution in [2.75, 3.05) is 10.6 Å². The monoisotopic (exact) mass is 304 g/mol. The Bertz CT molecular complexity index is 708. The van der Waals surface area contributed by atoms with Crippen molar-refractivity contribution in [1.82, 2.24) is 0 Å². The summed E-state index contributed by atoms with van der Waals surface area (Å²) < 4.78 is 4.91. The molecule has 0 aliphatic carbocycles. The van der Waals surface area contributed by atoms with Crippen molar-refractivity contribution in [2.45, 2.75) is 6.42 Å². The van der Waals surface area contributed by atoms with E-state index in [0.29, 0.717) is 0 Å². The van der Waals surface area contributed by atoms with Crippen molar-refractivity contribution >= 4 is 29.2 Å². The third kappa shape index (κ3) is 3.85. The quantitative estimate of drug-likeness (QED) is 0.491. The number of carbonyl (C=O) groups excluding carboxylic acids is 2. The Morgan fingerprint density at radius 2 is 1.91 bits per heavy atom. The number of phenols is 1. The molecule has 0 radical (unpaired) electrons. The number of rotatable bonds is 5. The van der Waals surface area contributed by atoms with Gasteiger partial charge in [-0.25, -0.2) is 0 Å². The fourth-order valence-corrected chi connectivity index (χ4v) is 1.65. The van der Waals surface area contributed by atoms with Crippen molar-refractivity contribution in [3.8, 4) is 5.75 Å². The normalized spacial score (nSPS) is 10.0. The zero-order valence-corrected chi connectivity index (χ0v) is 11.2. The van der Waals surface area contributed by atoms with Crippen LogP contribution in [0.2, 0.25) is 0 Å². The molecule has 2 rings (SSSR count). The van der Waals surface area contributed by atoms with Crippen LogP contribution in [0.15, 0.2) is 41.0 Å². The highest BCUT2D eigenvalue weighted by Crippen LogP contribution is 2.27. The maximum atomic E-state index is 11.8. The van der Waals surface area contributed by atoms with Crippen molar-refractivity contribution in [3.05, 3.63) is 42.4 Å². The molecule has 0 atom stereocenters. The van der Waals surface area contributed by atoms with Crippen LogP contribution in [-0.4, -0.2) is 28.0 Å². The first-order valence-corrected chi connectivity index (χ1v) is 6.15. The van der Waals surface area contributed by atoms with E-state index in [1.54, 1.807) is 6.07 Å². The average molecular weight is 304 g/mol. The highest BCUT2D eigenvalue weighted by Gasteiger charge is 2.13. The number of hydrogen-bond acceptors (Lipinski definition) is 5. The highest BCUT2D eigenvalue weighted by molar-refractivity contribution is 6.04. The van der Waals surface area contributed by atoms with E-state index < -0.39 is 24.2 Å². The molecule has 0 unspecified atom stereocenters. The van der Waals surface area contributed by atoms with Crippen LogP contribution in [0.25, 0.3) is 0 Å². The fourth-order valence-electron chi connectivity index (χ4n) is 1.65. The lowest BCUT2D eigenvalue weighted by molar-refractivity contribution is -0.139. The number of nitrogens with one attached hydrogen (secondary N) is 2. The van der Waals surface area contributed by atoms with Gasteiger partial charge >= 0.3 is 5.97 Å². The zero-order valence-electron chi connectivity index (χ0n) is 11.2. The van der Waals surface area contributed by atoms with Crippen molar-refractivity contribution in [1.29, 1.82) is 0 Å². The molecule has 0 bridgehead atoms. The summed E-state index contributed by atoms with van der Waals surface area (Å²) in [6, 6.07) is 6.99. The fraction of sp³-hybridized carbons (Fsp3) is 0.0714. The Hall–Kier alpha value is -3.29. The van der Waals surface area contributed by atoms with Crippen molar-refractivity contribution < 1.29 is 29.0 Å². The lowest BCUT2D eigenvalue weighted by Crippen LogP contribution is -2.16. The van der Waals surface area contributed by atoms with E-state index in [9.17, 15) is 19.5 Å². The van der Waals surface area contributed by atoms with E-state index in [0.717, 1.165) is 0 Å². The first-order chi connectivity index (χ1) is 10.5. The molecule has 0 saturated heterocycles. The standard InChI is InChI=1S/C14H12N2O6/c17-10-6-8(15-12(18)7-13(19)20)3-4-9(10)16-14(21)11-2-1-5-22-11/h1-6,17H,7H2,(H,15,18)(H,16,21)(H,19,20). The molecule has 4 N–H and O–H groups in total. The topological polar surface area (TPSA) is 129 Å². The Balaban J connectivity index is 2.05. The second kappa shape index (κ2) is 6.44. The molecular formula is C14H12N2O6. The molecule has 1 heterocycles. The van der Waals surface area contributed by atoms with Gasteiger partial charge in [0, 0.05) is 11.8 Å². The molecule has 1 aromatic heterocycles. The highest BCUT2D eigenvalue weighted by atomic mass is 16.4. The largest absolute Gasteiger partial charge is 0.506 e. The molecular weight excluding hydrogens is 292 g/mol. The third-order valence-corrected chi connectivity index (χ3v) is 2.59. The van der Waals surface area contributed by atoms with Gasteiger partial charge in [0.2, 0.25) is 5.91 Å². The van der Waals surface area contributed by atoms with Crippen LogP contribution < -0.4 is 10.6 Å². The van der Waals surface area contributed by atoms with Crippen LogP contribution in [-0.2, 0) is 9.59 Å². The zero-order chi connectivity index (χ0) is 16.1. The Kier molecular flexibility index (Phi) is 4.42. The molecule has 2 aromatic rings. The molecule has 0 aliphatic heterocycles. The maximum absolute atomic E-state index is 11.8. The second-order valence-electron chi connectivity index (χ2n) is 4.28. The number of amides is 2. The molecule has 1 aromatic carbocycles. The molecule has 0 fully saturated rings. The molecule has 0 aliphatic rings. The number of benzene rings is 1.